The van der Waals surface area contributed by atoms with Gasteiger partial charge in [-0.25, -0.2) is 4.98 Å². The molecule has 30 heavy (non-hydrogen) atoms. The van der Waals surface area contributed by atoms with Gasteiger partial charge in [-0.1, -0.05) is 57.3 Å². The van der Waals surface area contributed by atoms with E-state index in [2.05, 4.69) is 15.9 Å². The molecule has 0 N–H and O–H groups in total. The minimum absolute atomic E-state index is 0.0156. The molecule has 5 nitrogen and oxygen atoms in total. The van der Waals surface area contributed by atoms with Crippen molar-refractivity contribution < 1.29 is 4.92 Å². The molecule has 0 saturated heterocycles. The first-order valence-electron chi connectivity index (χ1n) is 8.93. The van der Waals surface area contributed by atoms with Crippen LogP contribution in [0, 0.1) is 10.1 Å². The van der Waals surface area contributed by atoms with Crippen LogP contribution < -0.4 is 0 Å². The Labute approximate surface area is 191 Å². The minimum atomic E-state index is -0.411. The third-order valence-corrected chi connectivity index (χ3v) is 5.66. The van der Waals surface area contributed by atoms with E-state index in [9.17, 15) is 10.1 Å². The lowest BCUT2D eigenvalue weighted by Gasteiger charge is -2.08. The number of halogens is 3. The molecule has 3 aromatic carbocycles. The van der Waals surface area contributed by atoms with Gasteiger partial charge >= 0.3 is 0 Å². The molecule has 8 heteroatoms. The highest BCUT2D eigenvalue weighted by atomic mass is 79.9. The van der Waals surface area contributed by atoms with Crippen LogP contribution in [0.1, 0.15) is 11.4 Å². The first kappa shape index (κ1) is 20.6. The highest BCUT2D eigenvalue weighted by Crippen LogP contribution is 2.31. The quantitative estimate of drug-likeness (QED) is 0.216. The fraction of sp³-hybridized carbons (Fsp3) is 0.0455. The molecule has 4 aromatic rings. The zero-order valence-electron chi connectivity index (χ0n) is 15.4. The number of imidazole rings is 1. The lowest BCUT2D eigenvalue weighted by Crippen LogP contribution is -2.02. The molecule has 0 unspecified atom stereocenters. The van der Waals surface area contributed by atoms with E-state index in [1.165, 1.54) is 12.1 Å². The normalized spacial score (nSPS) is 10.9. The summed E-state index contributed by atoms with van der Waals surface area (Å²) in [6, 6.07) is 19.6. The maximum absolute atomic E-state index is 11.2. The van der Waals surface area contributed by atoms with Crippen molar-refractivity contribution in [1.29, 1.82) is 0 Å². The van der Waals surface area contributed by atoms with E-state index in [0.29, 0.717) is 27.8 Å². The van der Waals surface area contributed by atoms with E-state index in [-0.39, 0.29) is 5.69 Å². The van der Waals surface area contributed by atoms with Crippen molar-refractivity contribution in [2.24, 2.45) is 0 Å². The molecule has 1 heterocycles. The highest BCUT2D eigenvalue weighted by molar-refractivity contribution is 9.10. The molecule has 0 aliphatic rings. The van der Waals surface area contributed by atoms with Crippen LogP contribution in [0.4, 0.5) is 5.69 Å². The number of hydrogen-bond acceptors (Lipinski definition) is 3. The van der Waals surface area contributed by atoms with Gasteiger partial charge in [-0.2, -0.15) is 0 Å². The molecule has 0 atom stereocenters. The first-order valence-corrected chi connectivity index (χ1v) is 10.5. The van der Waals surface area contributed by atoms with Crippen molar-refractivity contribution in [1.82, 2.24) is 9.55 Å². The van der Waals surface area contributed by atoms with Crippen LogP contribution in [0.3, 0.4) is 0 Å². The zero-order chi connectivity index (χ0) is 21.3. The fourth-order valence-electron chi connectivity index (χ4n) is 3.14. The second kappa shape index (κ2) is 8.60. The molecule has 0 amide bonds. The summed E-state index contributed by atoms with van der Waals surface area (Å²) in [5.74, 6) is 0.735. The summed E-state index contributed by atoms with van der Waals surface area (Å²) >= 11 is 15.9. The van der Waals surface area contributed by atoms with Crippen molar-refractivity contribution in [2.75, 3.05) is 0 Å². The molecule has 0 saturated carbocycles. The number of nitrogens with zero attached hydrogens (tertiary/aromatic N) is 3. The number of benzene rings is 3. The first-order chi connectivity index (χ1) is 14.4. The Morgan fingerprint density at radius 3 is 2.50 bits per heavy atom. The SMILES string of the molecule is O=[N+]([O-])c1cccc(-n2cc(-c3ccc(Cl)cc3Cl)nc2Cc2ccc(Br)cc2)c1. The van der Waals surface area contributed by atoms with Gasteiger partial charge in [0, 0.05) is 39.8 Å². The highest BCUT2D eigenvalue weighted by Gasteiger charge is 2.16. The van der Waals surface area contributed by atoms with Gasteiger partial charge in [-0.05, 0) is 42.0 Å². The van der Waals surface area contributed by atoms with Crippen molar-refractivity contribution in [3.8, 4) is 16.9 Å². The van der Waals surface area contributed by atoms with Crippen LogP contribution in [0.25, 0.3) is 16.9 Å². The molecular weight excluding hydrogens is 489 g/mol. The molecule has 0 bridgehead atoms. The summed E-state index contributed by atoms with van der Waals surface area (Å²) in [6.07, 6.45) is 2.38. The maximum Gasteiger partial charge on any atom is 0.271 e. The van der Waals surface area contributed by atoms with Crippen LogP contribution in [0.5, 0.6) is 0 Å². The number of nitro benzene ring substituents is 1. The van der Waals surface area contributed by atoms with Gasteiger partial charge in [0.1, 0.15) is 5.82 Å². The van der Waals surface area contributed by atoms with Crippen molar-refractivity contribution in [2.45, 2.75) is 6.42 Å². The topological polar surface area (TPSA) is 61.0 Å². The standard InChI is InChI=1S/C22H14BrCl2N3O2/c23-15-6-4-14(5-7-15)10-22-26-21(19-9-8-16(24)11-20(19)25)13-27(22)17-2-1-3-18(12-17)28(29)30/h1-9,11-13H,10H2. The third-order valence-electron chi connectivity index (χ3n) is 4.58. The number of non-ortho nitro benzene ring substituents is 1. The van der Waals surface area contributed by atoms with E-state index < -0.39 is 4.92 Å². The maximum atomic E-state index is 11.2. The van der Waals surface area contributed by atoms with Gasteiger partial charge in [-0.3, -0.25) is 10.1 Å². The Bertz CT molecular complexity index is 1240. The van der Waals surface area contributed by atoms with Gasteiger partial charge in [-0.15, -0.1) is 0 Å². The molecule has 4 rings (SSSR count). The smallest absolute Gasteiger partial charge is 0.271 e. The summed E-state index contributed by atoms with van der Waals surface area (Å²) in [5, 5.41) is 12.3. The predicted octanol–water partition coefficient (Wildman–Crippen LogP) is 7.11. The molecular formula is C22H14BrCl2N3O2. The van der Waals surface area contributed by atoms with E-state index in [1.54, 1.807) is 18.2 Å². The lowest BCUT2D eigenvalue weighted by molar-refractivity contribution is -0.384. The largest absolute Gasteiger partial charge is 0.303 e. The Morgan fingerprint density at radius 1 is 1.03 bits per heavy atom. The molecule has 150 valence electrons. The number of nitro groups is 1. The summed E-state index contributed by atoms with van der Waals surface area (Å²) in [5.41, 5.74) is 3.13. The molecule has 0 aliphatic heterocycles. The van der Waals surface area contributed by atoms with Crippen molar-refractivity contribution in [3.63, 3.8) is 0 Å². The second-order valence-electron chi connectivity index (χ2n) is 6.62. The Morgan fingerprint density at radius 2 is 1.80 bits per heavy atom. The van der Waals surface area contributed by atoms with E-state index in [0.717, 1.165) is 21.4 Å². The minimum Gasteiger partial charge on any atom is -0.303 e. The van der Waals surface area contributed by atoms with Gasteiger partial charge < -0.3 is 4.57 Å². The van der Waals surface area contributed by atoms with E-state index in [1.807, 2.05) is 47.2 Å². The summed E-state index contributed by atoms with van der Waals surface area (Å²) in [4.78, 5) is 15.6. The predicted molar refractivity (Wildman–Crippen MR) is 123 cm³/mol. The van der Waals surface area contributed by atoms with Crippen LogP contribution in [-0.4, -0.2) is 14.5 Å². The molecule has 0 fully saturated rings. The molecule has 0 radical (unpaired) electrons. The summed E-state index contributed by atoms with van der Waals surface area (Å²) in [7, 11) is 0. The van der Waals surface area contributed by atoms with Gasteiger partial charge in [0.15, 0.2) is 0 Å². The molecule has 0 spiro atoms. The zero-order valence-corrected chi connectivity index (χ0v) is 18.5. The van der Waals surface area contributed by atoms with Crippen LogP contribution in [-0.2, 0) is 6.42 Å². The summed E-state index contributed by atoms with van der Waals surface area (Å²) in [6.45, 7) is 0. The number of rotatable bonds is 5. The van der Waals surface area contributed by atoms with E-state index in [4.69, 9.17) is 28.2 Å². The fourth-order valence-corrected chi connectivity index (χ4v) is 3.90. The number of aromatic nitrogens is 2. The average molecular weight is 503 g/mol. The Balaban J connectivity index is 1.84. The van der Waals surface area contributed by atoms with Gasteiger partial charge in [0.2, 0.25) is 0 Å². The molecule has 1 aromatic heterocycles. The van der Waals surface area contributed by atoms with Crippen LogP contribution >= 0.6 is 39.1 Å². The Kier molecular flexibility index (Phi) is 5.90. The lowest BCUT2D eigenvalue weighted by atomic mass is 10.1. The van der Waals surface area contributed by atoms with Crippen molar-refractivity contribution >= 4 is 44.8 Å². The second-order valence-corrected chi connectivity index (χ2v) is 8.38. The van der Waals surface area contributed by atoms with E-state index >= 15 is 0 Å². The van der Waals surface area contributed by atoms with Crippen LogP contribution in [0.2, 0.25) is 10.0 Å². The number of hydrogen-bond donors (Lipinski definition) is 0. The molecule has 0 aliphatic carbocycles. The monoisotopic (exact) mass is 501 g/mol. The van der Waals surface area contributed by atoms with Crippen LogP contribution in [0.15, 0.2) is 77.4 Å². The Hall–Kier alpha value is -2.67. The average Bonchev–Trinajstić information content (AvgIpc) is 3.13. The van der Waals surface area contributed by atoms with Gasteiger partial charge in [0.05, 0.1) is 21.3 Å². The summed E-state index contributed by atoms with van der Waals surface area (Å²) < 4.78 is 2.84. The third kappa shape index (κ3) is 4.41. The van der Waals surface area contributed by atoms with Gasteiger partial charge in [0.25, 0.3) is 5.69 Å². The van der Waals surface area contributed by atoms with Crippen molar-refractivity contribution in [3.05, 3.63) is 109 Å².